The summed E-state index contributed by atoms with van der Waals surface area (Å²) in [5.74, 6) is 0.885. The first-order valence-electron chi connectivity index (χ1n) is 5.49. The Balaban J connectivity index is 1.96. The molecule has 1 N–H and O–H groups in total. The molecule has 0 spiro atoms. The summed E-state index contributed by atoms with van der Waals surface area (Å²) in [5, 5.41) is 4.31. The lowest BCUT2D eigenvalue weighted by molar-refractivity contribution is 1.03. The van der Waals surface area contributed by atoms with Gasteiger partial charge in [-0.1, -0.05) is 6.92 Å². The van der Waals surface area contributed by atoms with Crippen LogP contribution in [0.1, 0.15) is 16.7 Å². The summed E-state index contributed by atoms with van der Waals surface area (Å²) in [6.45, 7) is 3.01. The van der Waals surface area contributed by atoms with E-state index < -0.39 is 0 Å². The Morgan fingerprint density at radius 2 is 2.12 bits per heavy atom. The van der Waals surface area contributed by atoms with Gasteiger partial charge in [0.1, 0.15) is 17.2 Å². The van der Waals surface area contributed by atoms with Gasteiger partial charge < -0.3 is 5.32 Å². The number of hydrogen-bond acceptors (Lipinski definition) is 5. The van der Waals surface area contributed by atoms with Crippen LogP contribution in [-0.2, 0) is 13.0 Å². The SMILES string of the molecule is CCc1ccc(CNc2cc(SC)ncn2)s1. The lowest BCUT2D eigenvalue weighted by atomic mass is 10.3. The highest BCUT2D eigenvalue weighted by Crippen LogP contribution is 2.19. The molecule has 2 rings (SSSR count). The normalized spacial score (nSPS) is 10.5. The molecule has 0 aliphatic rings. The number of thioether (sulfide) groups is 1. The number of nitrogens with zero attached hydrogens (tertiary/aromatic N) is 2. The van der Waals surface area contributed by atoms with E-state index in [0.717, 1.165) is 23.8 Å². The molecule has 0 bridgehead atoms. The van der Waals surface area contributed by atoms with Crippen molar-refractivity contribution in [3.63, 3.8) is 0 Å². The minimum Gasteiger partial charge on any atom is -0.365 e. The third-order valence-corrected chi connectivity index (χ3v) is 4.23. The summed E-state index contributed by atoms with van der Waals surface area (Å²) < 4.78 is 0. The smallest absolute Gasteiger partial charge is 0.130 e. The quantitative estimate of drug-likeness (QED) is 0.664. The van der Waals surface area contributed by atoms with Crippen LogP contribution in [0.5, 0.6) is 0 Å². The fourth-order valence-electron chi connectivity index (χ4n) is 1.43. The standard InChI is InChI=1S/C12H15N3S2/c1-3-9-4-5-10(17-9)7-13-11-6-12(16-2)15-8-14-11/h4-6,8H,3,7H2,1-2H3,(H,13,14,15). The molecule has 17 heavy (non-hydrogen) atoms. The molecule has 0 aliphatic carbocycles. The van der Waals surface area contributed by atoms with E-state index in [0.29, 0.717) is 0 Å². The maximum Gasteiger partial charge on any atom is 0.130 e. The van der Waals surface area contributed by atoms with Crippen LogP contribution in [0, 0.1) is 0 Å². The Morgan fingerprint density at radius 3 is 2.82 bits per heavy atom. The molecule has 2 aromatic rings. The van der Waals surface area contributed by atoms with E-state index in [2.05, 4.69) is 34.3 Å². The number of thiophene rings is 1. The topological polar surface area (TPSA) is 37.8 Å². The first kappa shape index (κ1) is 12.4. The fraction of sp³-hybridized carbons (Fsp3) is 0.333. The monoisotopic (exact) mass is 265 g/mol. The minimum absolute atomic E-state index is 0.829. The van der Waals surface area contributed by atoms with Gasteiger partial charge >= 0.3 is 0 Å². The Morgan fingerprint density at radius 1 is 1.29 bits per heavy atom. The van der Waals surface area contributed by atoms with Crippen molar-refractivity contribution in [3.8, 4) is 0 Å². The summed E-state index contributed by atoms with van der Waals surface area (Å²) >= 11 is 3.47. The van der Waals surface area contributed by atoms with Crippen LogP contribution in [0.4, 0.5) is 5.82 Å². The molecule has 0 unspecified atom stereocenters. The highest BCUT2D eigenvalue weighted by Gasteiger charge is 2.00. The molecule has 0 aromatic carbocycles. The summed E-state index contributed by atoms with van der Waals surface area (Å²) in [7, 11) is 0. The molecule has 0 fully saturated rings. The zero-order valence-corrected chi connectivity index (χ0v) is 11.6. The third kappa shape index (κ3) is 3.44. The van der Waals surface area contributed by atoms with Gasteiger partial charge in [-0.05, 0) is 24.8 Å². The van der Waals surface area contributed by atoms with Crippen molar-refractivity contribution in [1.29, 1.82) is 0 Å². The second kappa shape index (κ2) is 6.02. The average molecular weight is 265 g/mol. The maximum absolute atomic E-state index is 4.20. The van der Waals surface area contributed by atoms with Crippen LogP contribution >= 0.6 is 23.1 Å². The first-order valence-corrected chi connectivity index (χ1v) is 7.53. The van der Waals surface area contributed by atoms with Crippen molar-refractivity contribution in [2.75, 3.05) is 11.6 Å². The highest BCUT2D eigenvalue weighted by molar-refractivity contribution is 7.98. The van der Waals surface area contributed by atoms with Crippen LogP contribution in [0.15, 0.2) is 29.6 Å². The van der Waals surface area contributed by atoms with Gasteiger partial charge in [-0.15, -0.1) is 23.1 Å². The lowest BCUT2D eigenvalue weighted by Crippen LogP contribution is -2.00. The van der Waals surface area contributed by atoms with Crippen molar-refractivity contribution in [1.82, 2.24) is 9.97 Å². The number of nitrogens with one attached hydrogen (secondary N) is 1. The molecule has 5 heteroatoms. The van der Waals surface area contributed by atoms with Crippen LogP contribution < -0.4 is 5.32 Å². The van der Waals surface area contributed by atoms with Crippen molar-refractivity contribution in [2.45, 2.75) is 24.9 Å². The van der Waals surface area contributed by atoms with Crippen molar-refractivity contribution >= 4 is 28.9 Å². The molecule has 3 nitrogen and oxygen atoms in total. The number of aryl methyl sites for hydroxylation is 1. The molecule has 0 saturated heterocycles. The second-order valence-electron chi connectivity index (χ2n) is 3.52. The van der Waals surface area contributed by atoms with E-state index in [4.69, 9.17) is 0 Å². The van der Waals surface area contributed by atoms with E-state index in [9.17, 15) is 0 Å². The first-order chi connectivity index (χ1) is 8.31. The Hall–Kier alpha value is -1.07. The lowest BCUT2D eigenvalue weighted by Gasteiger charge is -2.04. The molecule has 0 radical (unpaired) electrons. The van der Waals surface area contributed by atoms with E-state index in [1.54, 1.807) is 18.1 Å². The molecule has 2 aromatic heterocycles. The number of aromatic nitrogens is 2. The fourth-order valence-corrected chi connectivity index (χ4v) is 2.71. The average Bonchev–Trinajstić information content (AvgIpc) is 2.84. The van der Waals surface area contributed by atoms with Gasteiger partial charge in [-0.2, -0.15) is 0 Å². The summed E-state index contributed by atoms with van der Waals surface area (Å²) in [6.07, 6.45) is 4.72. The van der Waals surface area contributed by atoms with Crippen LogP contribution in [0.3, 0.4) is 0 Å². The molecular formula is C12H15N3S2. The van der Waals surface area contributed by atoms with E-state index in [1.165, 1.54) is 9.75 Å². The number of anilines is 1. The van der Waals surface area contributed by atoms with Crippen molar-refractivity contribution in [2.24, 2.45) is 0 Å². The molecule has 0 saturated carbocycles. The molecule has 0 amide bonds. The summed E-state index contributed by atoms with van der Waals surface area (Å²) in [6, 6.07) is 6.33. The van der Waals surface area contributed by atoms with Crippen molar-refractivity contribution in [3.05, 3.63) is 34.3 Å². The van der Waals surface area contributed by atoms with Gasteiger partial charge in [0.2, 0.25) is 0 Å². The zero-order chi connectivity index (χ0) is 12.1. The molecule has 2 heterocycles. The van der Waals surface area contributed by atoms with E-state index in [-0.39, 0.29) is 0 Å². The highest BCUT2D eigenvalue weighted by atomic mass is 32.2. The van der Waals surface area contributed by atoms with Gasteiger partial charge in [0.25, 0.3) is 0 Å². The van der Waals surface area contributed by atoms with Gasteiger partial charge in [0, 0.05) is 15.8 Å². The van der Waals surface area contributed by atoms with E-state index in [1.807, 2.05) is 23.7 Å². The number of rotatable bonds is 5. The molecule has 0 aliphatic heterocycles. The minimum atomic E-state index is 0.829. The van der Waals surface area contributed by atoms with Crippen LogP contribution in [-0.4, -0.2) is 16.2 Å². The molecule has 0 atom stereocenters. The van der Waals surface area contributed by atoms with Gasteiger partial charge in [0.05, 0.1) is 6.54 Å². The largest absolute Gasteiger partial charge is 0.365 e. The molecular weight excluding hydrogens is 250 g/mol. The Bertz CT molecular complexity index is 482. The maximum atomic E-state index is 4.20. The van der Waals surface area contributed by atoms with Gasteiger partial charge in [-0.25, -0.2) is 9.97 Å². The van der Waals surface area contributed by atoms with Gasteiger partial charge in [-0.3, -0.25) is 0 Å². The predicted molar refractivity (Wildman–Crippen MR) is 74.8 cm³/mol. The van der Waals surface area contributed by atoms with E-state index >= 15 is 0 Å². The predicted octanol–water partition coefficient (Wildman–Crippen LogP) is 3.43. The summed E-state index contributed by atoms with van der Waals surface area (Å²) in [4.78, 5) is 11.1. The van der Waals surface area contributed by atoms with Crippen LogP contribution in [0.25, 0.3) is 0 Å². The second-order valence-corrected chi connectivity index (χ2v) is 5.60. The molecule has 90 valence electrons. The van der Waals surface area contributed by atoms with Gasteiger partial charge in [0.15, 0.2) is 0 Å². The Labute approximate surface area is 110 Å². The third-order valence-electron chi connectivity index (χ3n) is 2.36. The Kier molecular flexibility index (Phi) is 4.39. The van der Waals surface area contributed by atoms with Crippen molar-refractivity contribution < 1.29 is 0 Å². The summed E-state index contributed by atoms with van der Waals surface area (Å²) in [5.41, 5.74) is 0. The number of hydrogen-bond donors (Lipinski definition) is 1. The van der Waals surface area contributed by atoms with Crippen LogP contribution in [0.2, 0.25) is 0 Å². The zero-order valence-electron chi connectivity index (χ0n) is 9.93.